The Labute approximate surface area is 81.5 Å². The second kappa shape index (κ2) is 5.21. The van der Waals surface area contributed by atoms with Crippen LogP contribution in [0.25, 0.3) is 0 Å². The van der Waals surface area contributed by atoms with E-state index in [0.717, 1.165) is 0 Å². The van der Waals surface area contributed by atoms with Gasteiger partial charge in [0.25, 0.3) is 0 Å². The van der Waals surface area contributed by atoms with Crippen LogP contribution in [0.4, 0.5) is 5.69 Å². The molecule has 0 aliphatic heterocycles. The summed E-state index contributed by atoms with van der Waals surface area (Å²) in [4.78, 5) is 11.4. The van der Waals surface area contributed by atoms with Crippen molar-refractivity contribution < 1.29 is 14.6 Å². The number of anilines is 1. The molecule has 0 bridgehead atoms. The second-order valence-corrected chi connectivity index (χ2v) is 2.55. The summed E-state index contributed by atoms with van der Waals surface area (Å²) in [6.07, 6.45) is 0. The summed E-state index contributed by atoms with van der Waals surface area (Å²) < 4.78 is 4.74. The predicted octanol–water partition coefficient (Wildman–Crippen LogP) is 0.121. The van der Waals surface area contributed by atoms with Crippen LogP contribution >= 0.6 is 0 Å². The Hall–Kier alpha value is -1.59. The minimum absolute atomic E-state index is 0.0161. The number of para-hydroxylation sites is 1. The van der Waals surface area contributed by atoms with Crippen LogP contribution in [-0.2, 0) is 4.74 Å². The zero-order valence-electron chi connectivity index (χ0n) is 7.56. The maximum Gasteiger partial charge on any atom is 0.340 e. The molecule has 5 heteroatoms. The Morgan fingerprint density at radius 1 is 1.50 bits per heavy atom. The van der Waals surface area contributed by atoms with Gasteiger partial charge < -0.3 is 15.3 Å². The summed E-state index contributed by atoms with van der Waals surface area (Å²) in [5, 5.41) is 8.47. The van der Waals surface area contributed by atoms with E-state index in [1.807, 2.05) is 0 Å². The van der Waals surface area contributed by atoms with Crippen LogP contribution in [0.1, 0.15) is 10.4 Å². The topological polar surface area (TPSA) is 84.6 Å². The molecule has 0 aromatic heterocycles. The van der Waals surface area contributed by atoms with Gasteiger partial charge in [-0.3, -0.25) is 5.84 Å². The van der Waals surface area contributed by atoms with Gasteiger partial charge in [0.05, 0.1) is 17.9 Å². The number of aliphatic hydroxyl groups excluding tert-OH is 1. The molecule has 0 heterocycles. The van der Waals surface area contributed by atoms with Crippen molar-refractivity contribution >= 4 is 11.7 Å². The van der Waals surface area contributed by atoms with Gasteiger partial charge in [-0.25, -0.2) is 4.79 Å². The third-order valence-electron chi connectivity index (χ3n) is 1.63. The van der Waals surface area contributed by atoms with E-state index in [4.69, 9.17) is 15.7 Å². The number of ether oxygens (including phenoxy) is 1. The van der Waals surface area contributed by atoms with Crippen molar-refractivity contribution in [2.24, 2.45) is 5.84 Å². The van der Waals surface area contributed by atoms with Gasteiger partial charge in [-0.05, 0) is 12.1 Å². The fourth-order valence-electron chi connectivity index (χ4n) is 1.00. The van der Waals surface area contributed by atoms with Crippen LogP contribution in [0.5, 0.6) is 0 Å². The molecule has 1 rings (SSSR count). The van der Waals surface area contributed by atoms with Crippen LogP contribution in [-0.4, -0.2) is 24.3 Å². The lowest BCUT2D eigenvalue weighted by Crippen LogP contribution is -2.14. The van der Waals surface area contributed by atoms with Crippen LogP contribution in [0.2, 0.25) is 0 Å². The van der Waals surface area contributed by atoms with Crippen molar-refractivity contribution in [3.8, 4) is 0 Å². The summed E-state index contributed by atoms with van der Waals surface area (Å²) in [6, 6.07) is 6.71. The normalized spacial score (nSPS) is 9.57. The maximum absolute atomic E-state index is 11.4. The molecule has 0 unspecified atom stereocenters. The van der Waals surface area contributed by atoms with E-state index < -0.39 is 5.97 Å². The molecule has 0 spiro atoms. The molecular weight excluding hydrogens is 184 g/mol. The highest BCUT2D eigenvalue weighted by Crippen LogP contribution is 2.14. The highest BCUT2D eigenvalue weighted by atomic mass is 16.5. The Morgan fingerprint density at radius 2 is 2.21 bits per heavy atom. The van der Waals surface area contributed by atoms with Gasteiger partial charge in [-0.2, -0.15) is 0 Å². The number of hydrazine groups is 1. The zero-order chi connectivity index (χ0) is 10.4. The van der Waals surface area contributed by atoms with E-state index in [1.54, 1.807) is 24.3 Å². The highest BCUT2D eigenvalue weighted by Gasteiger charge is 2.10. The summed E-state index contributed by atoms with van der Waals surface area (Å²) in [7, 11) is 0. The quantitative estimate of drug-likeness (QED) is 0.362. The van der Waals surface area contributed by atoms with Gasteiger partial charge in [0.1, 0.15) is 6.61 Å². The first-order chi connectivity index (χ1) is 6.79. The van der Waals surface area contributed by atoms with Crippen LogP contribution in [0.15, 0.2) is 24.3 Å². The van der Waals surface area contributed by atoms with Gasteiger partial charge in [-0.15, -0.1) is 0 Å². The molecule has 1 aromatic rings. The summed E-state index contributed by atoms with van der Waals surface area (Å²) in [5.74, 6) is 4.70. The number of carbonyl (C=O) groups excluding carboxylic acids is 1. The molecule has 0 radical (unpaired) electrons. The third-order valence-corrected chi connectivity index (χ3v) is 1.63. The molecule has 4 N–H and O–H groups in total. The number of nitrogen functional groups attached to an aromatic ring is 1. The van der Waals surface area contributed by atoms with E-state index in [-0.39, 0.29) is 13.2 Å². The lowest BCUT2D eigenvalue weighted by atomic mass is 10.2. The van der Waals surface area contributed by atoms with Gasteiger partial charge in [-0.1, -0.05) is 12.1 Å². The Balaban J connectivity index is 2.78. The molecule has 5 nitrogen and oxygen atoms in total. The van der Waals surface area contributed by atoms with Crippen LogP contribution in [0.3, 0.4) is 0 Å². The van der Waals surface area contributed by atoms with Crippen LogP contribution in [0, 0.1) is 0 Å². The number of carbonyl (C=O) groups is 1. The molecule has 0 aliphatic rings. The second-order valence-electron chi connectivity index (χ2n) is 2.55. The van der Waals surface area contributed by atoms with Crippen molar-refractivity contribution in [2.45, 2.75) is 0 Å². The number of hydrogen-bond donors (Lipinski definition) is 3. The average Bonchev–Trinajstić information content (AvgIpc) is 2.25. The number of nitrogens with one attached hydrogen (secondary N) is 1. The maximum atomic E-state index is 11.4. The lowest BCUT2D eigenvalue weighted by molar-refractivity contribution is 0.0435. The van der Waals surface area contributed by atoms with Crippen molar-refractivity contribution in [3.05, 3.63) is 29.8 Å². The number of esters is 1. The smallest absolute Gasteiger partial charge is 0.340 e. The fourth-order valence-corrected chi connectivity index (χ4v) is 1.00. The van der Waals surface area contributed by atoms with E-state index in [9.17, 15) is 4.79 Å². The first-order valence-electron chi connectivity index (χ1n) is 4.13. The molecule has 0 amide bonds. The van der Waals surface area contributed by atoms with E-state index in [0.29, 0.717) is 11.3 Å². The first-order valence-corrected chi connectivity index (χ1v) is 4.13. The molecule has 0 fully saturated rings. The van der Waals surface area contributed by atoms with E-state index in [1.165, 1.54) is 0 Å². The number of rotatable bonds is 4. The van der Waals surface area contributed by atoms with Crippen LogP contribution < -0.4 is 11.3 Å². The van der Waals surface area contributed by atoms with E-state index in [2.05, 4.69) is 5.43 Å². The summed E-state index contributed by atoms with van der Waals surface area (Å²) in [5.41, 5.74) is 3.24. The average molecular weight is 196 g/mol. The monoisotopic (exact) mass is 196 g/mol. The standard InChI is InChI=1S/C9H12N2O3/c10-11-8-4-2-1-3-7(8)9(13)14-6-5-12/h1-4,11-12H,5-6,10H2. The van der Waals surface area contributed by atoms with Gasteiger partial charge in [0.15, 0.2) is 0 Å². The zero-order valence-corrected chi connectivity index (χ0v) is 7.56. The van der Waals surface area contributed by atoms with Crippen molar-refractivity contribution in [2.75, 3.05) is 18.6 Å². The number of hydrogen-bond acceptors (Lipinski definition) is 5. The minimum atomic E-state index is -0.507. The molecule has 0 saturated carbocycles. The highest BCUT2D eigenvalue weighted by molar-refractivity contribution is 5.95. The first kappa shape index (κ1) is 10.5. The van der Waals surface area contributed by atoms with Gasteiger partial charge >= 0.3 is 5.97 Å². The minimum Gasteiger partial charge on any atom is -0.460 e. The summed E-state index contributed by atoms with van der Waals surface area (Å²) >= 11 is 0. The number of benzene rings is 1. The van der Waals surface area contributed by atoms with Gasteiger partial charge in [0, 0.05) is 0 Å². The molecular formula is C9H12N2O3. The molecule has 0 atom stereocenters. The Kier molecular flexibility index (Phi) is 3.90. The number of nitrogens with two attached hydrogens (primary N) is 1. The molecule has 0 aliphatic carbocycles. The SMILES string of the molecule is NNc1ccccc1C(=O)OCCO. The van der Waals surface area contributed by atoms with Crippen molar-refractivity contribution in [1.29, 1.82) is 0 Å². The van der Waals surface area contributed by atoms with E-state index >= 15 is 0 Å². The Morgan fingerprint density at radius 3 is 2.86 bits per heavy atom. The Bertz CT molecular complexity index is 315. The summed E-state index contributed by atoms with van der Waals surface area (Å²) in [6.45, 7) is -0.207. The predicted molar refractivity (Wildman–Crippen MR) is 51.6 cm³/mol. The van der Waals surface area contributed by atoms with Gasteiger partial charge in [0.2, 0.25) is 0 Å². The molecule has 76 valence electrons. The lowest BCUT2D eigenvalue weighted by Gasteiger charge is -2.07. The largest absolute Gasteiger partial charge is 0.460 e. The molecule has 1 aromatic carbocycles. The molecule has 0 saturated heterocycles. The number of aliphatic hydroxyl groups is 1. The molecule has 14 heavy (non-hydrogen) atoms. The van der Waals surface area contributed by atoms with Crippen molar-refractivity contribution in [3.63, 3.8) is 0 Å². The third kappa shape index (κ3) is 2.45. The van der Waals surface area contributed by atoms with Crippen molar-refractivity contribution in [1.82, 2.24) is 0 Å². The fraction of sp³-hybridized carbons (Fsp3) is 0.222.